The average Bonchev–Trinajstić information content (AvgIpc) is 2.79. The number of benzene rings is 1. The summed E-state index contributed by atoms with van der Waals surface area (Å²) >= 11 is 0. The molecule has 2 saturated carbocycles. The van der Waals surface area contributed by atoms with Gasteiger partial charge in [-0.2, -0.15) is 5.26 Å². The van der Waals surface area contributed by atoms with Crippen molar-refractivity contribution < 1.29 is 0 Å². The fourth-order valence-corrected chi connectivity index (χ4v) is 5.53. The third-order valence-electron chi connectivity index (χ3n) is 7.48. The first kappa shape index (κ1) is 22.0. The molecule has 156 valence electrons. The minimum atomic E-state index is 0.571. The van der Waals surface area contributed by atoms with Crippen LogP contribution in [0.5, 0.6) is 0 Å². The lowest BCUT2D eigenvalue weighted by Gasteiger charge is -2.37. The van der Waals surface area contributed by atoms with Crippen LogP contribution in [0, 0.1) is 46.8 Å². The molecular formula is C28H39N. The van der Waals surface area contributed by atoms with E-state index in [0.29, 0.717) is 11.5 Å². The van der Waals surface area contributed by atoms with Gasteiger partial charge in [-0.25, -0.2) is 0 Å². The normalized spacial score (nSPS) is 26.9. The first-order valence-electron chi connectivity index (χ1n) is 12.3. The standard InChI is InChI=1S/C28H39N/c1-2-3-4-5-6-7-23-14-18-27(19-15-23)28-20-16-25(17-21-28)9-8-24-10-12-26(22-29)13-11-24/h10-13,23,25,27-28H,2-7,14-21H2,1H3. The molecule has 2 aliphatic rings. The Labute approximate surface area is 179 Å². The van der Waals surface area contributed by atoms with Gasteiger partial charge in [-0.15, -0.1) is 0 Å². The Morgan fingerprint density at radius 3 is 1.97 bits per heavy atom. The minimum Gasteiger partial charge on any atom is -0.192 e. The van der Waals surface area contributed by atoms with Crippen LogP contribution < -0.4 is 0 Å². The Morgan fingerprint density at radius 1 is 0.759 bits per heavy atom. The van der Waals surface area contributed by atoms with Crippen molar-refractivity contribution in [3.63, 3.8) is 0 Å². The summed E-state index contributed by atoms with van der Waals surface area (Å²) < 4.78 is 0. The van der Waals surface area contributed by atoms with Crippen LogP contribution in [0.4, 0.5) is 0 Å². The first-order valence-corrected chi connectivity index (χ1v) is 12.3. The van der Waals surface area contributed by atoms with Gasteiger partial charge in [-0.1, -0.05) is 70.1 Å². The van der Waals surface area contributed by atoms with E-state index in [1.165, 1.54) is 89.9 Å². The molecule has 29 heavy (non-hydrogen) atoms. The molecule has 1 nitrogen and oxygen atoms in total. The molecule has 0 aliphatic heterocycles. The van der Waals surface area contributed by atoms with E-state index in [0.717, 1.165) is 23.3 Å². The smallest absolute Gasteiger partial charge is 0.0991 e. The van der Waals surface area contributed by atoms with Crippen LogP contribution in [0.25, 0.3) is 0 Å². The van der Waals surface area contributed by atoms with Crippen molar-refractivity contribution in [2.75, 3.05) is 0 Å². The number of hydrogen-bond donors (Lipinski definition) is 0. The van der Waals surface area contributed by atoms with Gasteiger partial charge in [0.2, 0.25) is 0 Å². The van der Waals surface area contributed by atoms with Crippen LogP contribution >= 0.6 is 0 Å². The van der Waals surface area contributed by atoms with Gasteiger partial charge in [0.25, 0.3) is 0 Å². The molecule has 0 bridgehead atoms. The largest absolute Gasteiger partial charge is 0.192 e. The average molecular weight is 390 g/mol. The second-order valence-corrected chi connectivity index (χ2v) is 9.55. The molecule has 3 rings (SSSR count). The maximum atomic E-state index is 8.89. The van der Waals surface area contributed by atoms with Gasteiger partial charge in [0.15, 0.2) is 0 Å². The van der Waals surface area contributed by atoms with E-state index < -0.39 is 0 Å². The predicted molar refractivity (Wildman–Crippen MR) is 122 cm³/mol. The monoisotopic (exact) mass is 389 g/mol. The Morgan fingerprint density at radius 2 is 1.34 bits per heavy atom. The maximum Gasteiger partial charge on any atom is 0.0991 e. The molecule has 1 heteroatoms. The number of hydrogen-bond acceptors (Lipinski definition) is 1. The molecule has 0 radical (unpaired) electrons. The number of unbranched alkanes of at least 4 members (excludes halogenated alkanes) is 4. The fourth-order valence-electron chi connectivity index (χ4n) is 5.53. The van der Waals surface area contributed by atoms with E-state index in [4.69, 9.17) is 5.26 Å². The second kappa shape index (κ2) is 12.1. The SMILES string of the molecule is CCCCCCCC1CCC(C2CCC(C#Cc3ccc(C#N)cc3)CC2)CC1. The molecule has 0 aromatic heterocycles. The van der Waals surface area contributed by atoms with E-state index in [2.05, 4.69) is 24.8 Å². The van der Waals surface area contributed by atoms with Crippen molar-refractivity contribution in [1.29, 1.82) is 5.26 Å². The van der Waals surface area contributed by atoms with Crippen molar-refractivity contribution in [3.05, 3.63) is 35.4 Å². The lowest BCUT2D eigenvalue weighted by Crippen LogP contribution is -2.25. The molecule has 0 heterocycles. The molecule has 0 amide bonds. The zero-order chi connectivity index (χ0) is 20.3. The van der Waals surface area contributed by atoms with Crippen LogP contribution in [0.1, 0.15) is 108 Å². The molecule has 0 unspecified atom stereocenters. The van der Waals surface area contributed by atoms with E-state index in [1.807, 2.05) is 24.3 Å². The van der Waals surface area contributed by atoms with Crippen molar-refractivity contribution in [1.82, 2.24) is 0 Å². The van der Waals surface area contributed by atoms with Crippen LogP contribution in [0.3, 0.4) is 0 Å². The summed E-state index contributed by atoms with van der Waals surface area (Å²) in [7, 11) is 0. The lowest BCUT2D eigenvalue weighted by molar-refractivity contribution is 0.153. The highest BCUT2D eigenvalue weighted by Crippen LogP contribution is 2.42. The van der Waals surface area contributed by atoms with Gasteiger partial charge < -0.3 is 0 Å². The summed E-state index contributed by atoms with van der Waals surface area (Å²) in [5.41, 5.74) is 1.75. The minimum absolute atomic E-state index is 0.571. The first-order chi connectivity index (χ1) is 14.3. The summed E-state index contributed by atoms with van der Waals surface area (Å²) in [5.74, 6) is 10.4. The lowest BCUT2D eigenvalue weighted by atomic mass is 9.69. The Kier molecular flexibility index (Phi) is 9.15. The highest BCUT2D eigenvalue weighted by molar-refractivity contribution is 5.40. The molecule has 0 saturated heterocycles. The quantitative estimate of drug-likeness (QED) is 0.343. The third-order valence-corrected chi connectivity index (χ3v) is 7.48. The van der Waals surface area contributed by atoms with Crippen LogP contribution in [0.2, 0.25) is 0 Å². The van der Waals surface area contributed by atoms with Gasteiger partial charge >= 0.3 is 0 Å². The third kappa shape index (κ3) is 7.23. The zero-order valence-electron chi connectivity index (χ0n) is 18.5. The summed E-state index contributed by atoms with van der Waals surface area (Å²) in [4.78, 5) is 0. The summed E-state index contributed by atoms with van der Waals surface area (Å²) in [6.45, 7) is 2.30. The van der Waals surface area contributed by atoms with Gasteiger partial charge in [0.05, 0.1) is 11.6 Å². The summed E-state index contributed by atoms with van der Waals surface area (Å²) in [6.07, 6.45) is 20.0. The number of nitrogens with zero attached hydrogens (tertiary/aromatic N) is 1. The highest BCUT2D eigenvalue weighted by atomic mass is 14.4. The molecule has 0 N–H and O–H groups in total. The van der Waals surface area contributed by atoms with Crippen LogP contribution in [-0.2, 0) is 0 Å². The number of nitriles is 1. The molecule has 2 fully saturated rings. The van der Waals surface area contributed by atoms with E-state index in [9.17, 15) is 0 Å². The highest BCUT2D eigenvalue weighted by Gasteiger charge is 2.30. The van der Waals surface area contributed by atoms with Crippen molar-refractivity contribution >= 4 is 0 Å². The van der Waals surface area contributed by atoms with E-state index >= 15 is 0 Å². The molecule has 1 aromatic rings. The van der Waals surface area contributed by atoms with Crippen molar-refractivity contribution in [2.45, 2.75) is 96.8 Å². The zero-order valence-corrected chi connectivity index (χ0v) is 18.5. The van der Waals surface area contributed by atoms with Gasteiger partial charge in [-0.3, -0.25) is 0 Å². The molecule has 2 aliphatic carbocycles. The van der Waals surface area contributed by atoms with Crippen molar-refractivity contribution in [3.8, 4) is 17.9 Å². The Bertz CT molecular complexity index is 683. The Balaban J connectivity index is 1.34. The summed E-state index contributed by atoms with van der Waals surface area (Å²) in [5, 5.41) is 8.89. The topological polar surface area (TPSA) is 23.8 Å². The molecule has 1 aromatic carbocycles. The molecule has 0 atom stereocenters. The molecule has 0 spiro atoms. The van der Waals surface area contributed by atoms with E-state index in [-0.39, 0.29) is 0 Å². The van der Waals surface area contributed by atoms with Gasteiger partial charge in [0, 0.05) is 11.5 Å². The van der Waals surface area contributed by atoms with Gasteiger partial charge in [0.1, 0.15) is 0 Å². The van der Waals surface area contributed by atoms with Crippen LogP contribution in [0.15, 0.2) is 24.3 Å². The van der Waals surface area contributed by atoms with E-state index in [1.54, 1.807) is 0 Å². The molecular weight excluding hydrogens is 350 g/mol. The maximum absolute atomic E-state index is 8.89. The second-order valence-electron chi connectivity index (χ2n) is 9.55. The van der Waals surface area contributed by atoms with Crippen molar-refractivity contribution in [2.24, 2.45) is 23.7 Å². The van der Waals surface area contributed by atoms with Gasteiger partial charge in [-0.05, 0) is 80.5 Å². The van der Waals surface area contributed by atoms with Crippen LogP contribution in [-0.4, -0.2) is 0 Å². The number of rotatable bonds is 7. The Hall–Kier alpha value is -1.73. The predicted octanol–water partition coefficient (Wildman–Crippen LogP) is 7.88. The fraction of sp³-hybridized carbons (Fsp3) is 0.679. The summed E-state index contributed by atoms with van der Waals surface area (Å²) in [6, 6.07) is 9.84.